The summed E-state index contributed by atoms with van der Waals surface area (Å²) >= 11 is 0. The van der Waals surface area contributed by atoms with Crippen molar-refractivity contribution < 1.29 is 4.74 Å². The quantitative estimate of drug-likeness (QED) is 0.673. The molecule has 3 heteroatoms. The third-order valence-electron chi connectivity index (χ3n) is 2.85. The average molecular weight is 200 g/mol. The van der Waals surface area contributed by atoms with Gasteiger partial charge in [-0.05, 0) is 20.3 Å². The van der Waals surface area contributed by atoms with Crippen molar-refractivity contribution in [2.45, 2.75) is 39.3 Å². The molecule has 2 unspecified atom stereocenters. The van der Waals surface area contributed by atoms with Crippen molar-refractivity contribution in [2.75, 3.05) is 32.8 Å². The fourth-order valence-electron chi connectivity index (χ4n) is 2.03. The first-order chi connectivity index (χ1) is 6.75. The van der Waals surface area contributed by atoms with Gasteiger partial charge in [0.15, 0.2) is 0 Å². The van der Waals surface area contributed by atoms with Gasteiger partial charge in [-0.3, -0.25) is 4.90 Å². The largest absolute Gasteiger partial charge is 0.380 e. The smallest absolute Gasteiger partial charge is 0.0593 e. The molecule has 14 heavy (non-hydrogen) atoms. The predicted octanol–water partition coefficient (Wildman–Crippen LogP) is 1.10. The highest BCUT2D eigenvalue weighted by Gasteiger charge is 2.23. The highest BCUT2D eigenvalue weighted by molar-refractivity contribution is 4.81. The molecule has 1 saturated heterocycles. The van der Waals surface area contributed by atoms with Gasteiger partial charge in [0.25, 0.3) is 0 Å². The molecule has 0 radical (unpaired) electrons. The Morgan fingerprint density at radius 3 is 2.43 bits per heavy atom. The van der Waals surface area contributed by atoms with Crippen molar-refractivity contribution in [1.82, 2.24) is 10.2 Å². The molecule has 0 spiro atoms. The van der Waals surface area contributed by atoms with Crippen molar-refractivity contribution in [3.05, 3.63) is 0 Å². The monoisotopic (exact) mass is 200 g/mol. The number of hydrogen-bond acceptors (Lipinski definition) is 3. The summed E-state index contributed by atoms with van der Waals surface area (Å²) in [5, 5.41) is 3.43. The maximum Gasteiger partial charge on any atom is 0.0593 e. The number of nitrogens with zero attached hydrogens (tertiary/aromatic N) is 1. The maximum atomic E-state index is 5.52. The van der Waals surface area contributed by atoms with E-state index >= 15 is 0 Å². The first-order valence-corrected chi connectivity index (χ1v) is 5.80. The van der Waals surface area contributed by atoms with E-state index in [1.54, 1.807) is 0 Å². The zero-order valence-corrected chi connectivity index (χ0v) is 9.75. The molecule has 0 aliphatic carbocycles. The minimum atomic E-state index is 0.643. The van der Waals surface area contributed by atoms with Crippen LogP contribution in [0.1, 0.15) is 27.2 Å². The number of ether oxygens (including phenoxy) is 1. The zero-order valence-electron chi connectivity index (χ0n) is 9.75. The van der Waals surface area contributed by atoms with Crippen LogP contribution in [0.15, 0.2) is 0 Å². The summed E-state index contributed by atoms with van der Waals surface area (Å²) in [7, 11) is 0. The van der Waals surface area contributed by atoms with Crippen LogP contribution in [-0.4, -0.2) is 49.8 Å². The van der Waals surface area contributed by atoms with Gasteiger partial charge in [-0.15, -0.1) is 0 Å². The van der Waals surface area contributed by atoms with Crippen molar-refractivity contribution in [1.29, 1.82) is 0 Å². The Labute approximate surface area is 87.8 Å². The van der Waals surface area contributed by atoms with Gasteiger partial charge in [0.1, 0.15) is 0 Å². The Morgan fingerprint density at radius 2 is 1.86 bits per heavy atom. The Hall–Kier alpha value is -0.120. The van der Waals surface area contributed by atoms with Crippen LogP contribution < -0.4 is 5.32 Å². The van der Waals surface area contributed by atoms with Crippen molar-refractivity contribution in [2.24, 2.45) is 0 Å². The molecule has 0 saturated carbocycles. The lowest BCUT2D eigenvalue weighted by Gasteiger charge is -2.39. The molecular formula is C11H24N2O. The SMILES string of the molecule is CCCOCCN1C(C)CNCC1C. The van der Waals surface area contributed by atoms with Crippen LogP contribution in [-0.2, 0) is 4.74 Å². The molecule has 1 rings (SSSR count). The normalized spacial score (nSPS) is 29.4. The van der Waals surface area contributed by atoms with Gasteiger partial charge in [0.05, 0.1) is 6.61 Å². The summed E-state index contributed by atoms with van der Waals surface area (Å²) in [6.07, 6.45) is 1.12. The topological polar surface area (TPSA) is 24.5 Å². The van der Waals surface area contributed by atoms with Crippen molar-refractivity contribution in [3.8, 4) is 0 Å². The van der Waals surface area contributed by atoms with E-state index in [1.165, 1.54) is 0 Å². The molecule has 0 aromatic heterocycles. The lowest BCUT2D eigenvalue weighted by atomic mass is 10.1. The molecule has 0 aromatic rings. The lowest BCUT2D eigenvalue weighted by molar-refractivity contribution is 0.0569. The van der Waals surface area contributed by atoms with E-state index in [9.17, 15) is 0 Å². The van der Waals surface area contributed by atoms with E-state index in [4.69, 9.17) is 4.74 Å². The Bertz CT molecular complexity index is 142. The lowest BCUT2D eigenvalue weighted by Crippen LogP contribution is -2.55. The molecule has 0 amide bonds. The molecular weight excluding hydrogens is 176 g/mol. The summed E-state index contributed by atoms with van der Waals surface area (Å²) in [5.41, 5.74) is 0. The van der Waals surface area contributed by atoms with Crippen LogP contribution in [0.3, 0.4) is 0 Å². The van der Waals surface area contributed by atoms with E-state index in [1.807, 2.05) is 0 Å². The van der Waals surface area contributed by atoms with E-state index < -0.39 is 0 Å². The number of rotatable bonds is 5. The van der Waals surface area contributed by atoms with Gasteiger partial charge in [-0.1, -0.05) is 6.92 Å². The first-order valence-electron chi connectivity index (χ1n) is 5.80. The van der Waals surface area contributed by atoms with Gasteiger partial charge < -0.3 is 10.1 Å². The fourth-order valence-corrected chi connectivity index (χ4v) is 2.03. The first kappa shape index (κ1) is 12.0. The Morgan fingerprint density at radius 1 is 1.21 bits per heavy atom. The van der Waals surface area contributed by atoms with Gasteiger partial charge in [0.2, 0.25) is 0 Å². The second-order valence-electron chi connectivity index (χ2n) is 4.21. The predicted molar refractivity (Wildman–Crippen MR) is 59.6 cm³/mol. The van der Waals surface area contributed by atoms with Gasteiger partial charge in [-0.25, -0.2) is 0 Å². The molecule has 1 aliphatic heterocycles. The zero-order chi connectivity index (χ0) is 10.4. The van der Waals surface area contributed by atoms with E-state index in [0.29, 0.717) is 12.1 Å². The Balaban J connectivity index is 2.19. The average Bonchev–Trinajstić information content (AvgIpc) is 2.16. The Kier molecular flexibility index (Phi) is 5.45. The van der Waals surface area contributed by atoms with Crippen LogP contribution in [0.25, 0.3) is 0 Å². The second-order valence-corrected chi connectivity index (χ2v) is 4.21. The van der Waals surface area contributed by atoms with E-state index in [-0.39, 0.29) is 0 Å². The highest BCUT2D eigenvalue weighted by atomic mass is 16.5. The second kappa shape index (κ2) is 6.38. The molecule has 1 aliphatic rings. The molecule has 1 heterocycles. The summed E-state index contributed by atoms with van der Waals surface area (Å²) in [4.78, 5) is 2.53. The molecule has 3 nitrogen and oxygen atoms in total. The van der Waals surface area contributed by atoms with Crippen LogP contribution in [0.5, 0.6) is 0 Å². The van der Waals surface area contributed by atoms with Gasteiger partial charge in [0, 0.05) is 38.3 Å². The van der Waals surface area contributed by atoms with Gasteiger partial charge >= 0.3 is 0 Å². The third kappa shape index (κ3) is 3.56. The standard InChI is InChI=1S/C11H24N2O/c1-4-6-14-7-5-13-10(2)8-12-9-11(13)3/h10-12H,4-9H2,1-3H3. The molecule has 1 N–H and O–H groups in total. The van der Waals surface area contributed by atoms with Gasteiger partial charge in [-0.2, -0.15) is 0 Å². The number of piperazine rings is 1. The fraction of sp³-hybridized carbons (Fsp3) is 1.00. The maximum absolute atomic E-state index is 5.52. The highest BCUT2D eigenvalue weighted by Crippen LogP contribution is 2.08. The summed E-state index contributed by atoms with van der Waals surface area (Å²) in [6, 6.07) is 1.29. The molecule has 1 fully saturated rings. The third-order valence-corrected chi connectivity index (χ3v) is 2.85. The molecule has 0 bridgehead atoms. The van der Waals surface area contributed by atoms with E-state index in [0.717, 1.165) is 39.3 Å². The molecule has 0 aromatic carbocycles. The minimum absolute atomic E-state index is 0.643. The number of nitrogens with one attached hydrogen (secondary N) is 1. The minimum Gasteiger partial charge on any atom is -0.380 e. The summed E-state index contributed by atoms with van der Waals surface area (Å²) < 4.78 is 5.52. The van der Waals surface area contributed by atoms with Crippen LogP contribution in [0, 0.1) is 0 Å². The summed E-state index contributed by atoms with van der Waals surface area (Å²) in [6.45, 7) is 11.8. The van der Waals surface area contributed by atoms with Crippen molar-refractivity contribution >= 4 is 0 Å². The van der Waals surface area contributed by atoms with E-state index in [2.05, 4.69) is 31.0 Å². The van der Waals surface area contributed by atoms with Crippen molar-refractivity contribution in [3.63, 3.8) is 0 Å². The molecule has 2 atom stereocenters. The summed E-state index contributed by atoms with van der Waals surface area (Å²) in [5.74, 6) is 0. The van der Waals surface area contributed by atoms with Crippen LogP contribution >= 0.6 is 0 Å². The van der Waals surface area contributed by atoms with Crippen LogP contribution in [0.2, 0.25) is 0 Å². The number of hydrogen-bond donors (Lipinski definition) is 1. The van der Waals surface area contributed by atoms with Crippen LogP contribution in [0.4, 0.5) is 0 Å². The molecule has 84 valence electrons.